The van der Waals surface area contributed by atoms with Crippen LogP contribution in [0.15, 0.2) is 30.6 Å². The van der Waals surface area contributed by atoms with Crippen LogP contribution in [0.3, 0.4) is 0 Å². The molecule has 0 aliphatic carbocycles. The van der Waals surface area contributed by atoms with Gasteiger partial charge < -0.3 is 18.9 Å². The highest BCUT2D eigenvalue weighted by molar-refractivity contribution is 5.82. The van der Waals surface area contributed by atoms with Crippen molar-refractivity contribution in [1.29, 1.82) is 0 Å². The van der Waals surface area contributed by atoms with E-state index in [1.807, 2.05) is 12.4 Å². The van der Waals surface area contributed by atoms with E-state index >= 15 is 0 Å². The number of hydrogen-bond acceptors (Lipinski definition) is 7. The lowest BCUT2D eigenvalue weighted by molar-refractivity contribution is 0.0103. The van der Waals surface area contributed by atoms with Crippen LogP contribution >= 0.6 is 0 Å². The Morgan fingerprint density at radius 1 is 1.00 bits per heavy atom. The summed E-state index contributed by atoms with van der Waals surface area (Å²) in [5, 5.41) is 0. The van der Waals surface area contributed by atoms with Gasteiger partial charge in [-0.05, 0) is 24.6 Å². The van der Waals surface area contributed by atoms with Gasteiger partial charge in [-0.2, -0.15) is 0 Å². The van der Waals surface area contributed by atoms with Crippen molar-refractivity contribution in [2.75, 3.05) is 50.9 Å². The molecule has 3 aliphatic heterocycles. The number of imidazole rings is 1. The summed E-state index contributed by atoms with van der Waals surface area (Å²) in [6.45, 7) is 9.21. The lowest BCUT2D eigenvalue weighted by Crippen LogP contribution is -2.62. The number of ether oxygens (including phenoxy) is 2. The average Bonchev–Trinajstić information content (AvgIpc) is 3.13. The van der Waals surface area contributed by atoms with Crippen molar-refractivity contribution in [1.82, 2.24) is 24.4 Å². The van der Waals surface area contributed by atoms with E-state index in [0.717, 1.165) is 79.9 Å². The first kappa shape index (κ1) is 18.2. The SMILES string of the molecule is C[C@H]1COCc2nc3ccc(-c4cnc(N5CC(N6CCOCC6)C5)nc4)cc3n21. The molecular formula is C22H26N6O2. The van der Waals surface area contributed by atoms with E-state index in [9.17, 15) is 0 Å². The molecule has 3 aromatic rings. The largest absolute Gasteiger partial charge is 0.379 e. The number of aromatic nitrogens is 4. The molecule has 30 heavy (non-hydrogen) atoms. The summed E-state index contributed by atoms with van der Waals surface area (Å²) in [6, 6.07) is 7.27. The summed E-state index contributed by atoms with van der Waals surface area (Å²) in [5.74, 6) is 1.82. The van der Waals surface area contributed by atoms with Gasteiger partial charge in [0.1, 0.15) is 12.4 Å². The molecule has 3 aliphatic rings. The number of nitrogens with zero attached hydrogens (tertiary/aromatic N) is 6. The van der Waals surface area contributed by atoms with Gasteiger partial charge in [0.15, 0.2) is 0 Å². The van der Waals surface area contributed by atoms with Gasteiger partial charge in [-0.3, -0.25) is 4.90 Å². The monoisotopic (exact) mass is 406 g/mol. The Hall–Kier alpha value is -2.55. The second-order valence-corrected chi connectivity index (χ2v) is 8.44. The Balaban J connectivity index is 1.20. The van der Waals surface area contributed by atoms with Crippen molar-refractivity contribution in [2.45, 2.75) is 25.6 Å². The first-order chi connectivity index (χ1) is 14.8. The minimum atomic E-state index is 0.290. The van der Waals surface area contributed by atoms with E-state index in [0.29, 0.717) is 18.7 Å². The molecule has 5 heterocycles. The average molecular weight is 406 g/mol. The number of benzene rings is 1. The van der Waals surface area contributed by atoms with E-state index in [2.05, 4.69) is 49.5 Å². The normalized spacial score (nSPS) is 22.8. The minimum Gasteiger partial charge on any atom is -0.379 e. The van der Waals surface area contributed by atoms with Crippen LogP contribution in [0.1, 0.15) is 18.8 Å². The van der Waals surface area contributed by atoms with Gasteiger partial charge in [0.05, 0.1) is 36.9 Å². The fourth-order valence-electron chi connectivity index (χ4n) is 4.74. The maximum absolute atomic E-state index is 5.63. The second kappa shape index (κ2) is 7.30. The highest BCUT2D eigenvalue weighted by Crippen LogP contribution is 2.30. The predicted molar refractivity (Wildman–Crippen MR) is 114 cm³/mol. The molecule has 0 saturated carbocycles. The fraction of sp³-hybridized carbons (Fsp3) is 0.500. The molecule has 0 unspecified atom stereocenters. The van der Waals surface area contributed by atoms with Gasteiger partial charge in [0.2, 0.25) is 5.95 Å². The third kappa shape index (κ3) is 3.07. The number of rotatable bonds is 3. The van der Waals surface area contributed by atoms with Crippen LogP contribution < -0.4 is 4.90 Å². The van der Waals surface area contributed by atoms with Crippen LogP contribution in [-0.2, 0) is 16.1 Å². The summed E-state index contributed by atoms with van der Waals surface area (Å²) in [4.78, 5) is 18.8. The molecule has 156 valence electrons. The van der Waals surface area contributed by atoms with E-state index in [1.54, 1.807) is 0 Å². The zero-order chi connectivity index (χ0) is 20.1. The Bertz CT molecular complexity index is 1050. The predicted octanol–water partition coefficient (Wildman–Crippen LogP) is 2.11. The van der Waals surface area contributed by atoms with Gasteiger partial charge in [0, 0.05) is 50.2 Å². The molecule has 2 saturated heterocycles. The number of fused-ring (bicyclic) bond motifs is 3. The molecule has 0 N–H and O–H groups in total. The van der Waals surface area contributed by atoms with E-state index in [4.69, 9.17) is 14.5 Å². The minimum absolute atomic E-state index is 0.290. The molecular weight excluding hydrogens is 380 g/mol. The molecule has 6 rings (SSSR count). The highest BCUT2D eigenvalue weighted by Gasteiger charge is 2.33. The van der Waals surface area contributed by atoms with Gasteiger partial charge in [-0.1, -0.05) is 6.07 Å². The fourth-order valence-corrected chi connectivity index (χ4v) is 4.74. The Morgan fingerprint density at radius 3 is 2.60 bits per heavy atom. The van der Waals surface area contributed by atoms with Gasteiger partial charge in [-0.15, -0.1) is 0 Å². The van der Waals surface area contributed by atoms with Crippen molar-refractivity contribution in [3.63, 3.8) is 0 Å². The Kier molecular flexibility index (Phi) is 4.44. The van der Waals surface area contributed by atoms with Crippen LogP contribution in [0.4, 0.5) is 5.95 Å². The Labute approximate surface area is 175 Å². The molecule has 2 fully saturated rings. The molecule has 1 aromatic carbocycles. The summed E-state index contributed by atoms with van der Waals surface area (Å²) < 4.78 is 13.4. The maximum atomic E-state index is 5.63. The van der Waals surface area contributed by atoms with E-state index < -0.39 is 0 Å². The summed E-state index contributed by atoms with van der Waals surface area (Å²) in [7, 11) is 0. The van der Waals surface area contributed by atoms with Gasteiger partial charge in [0.25, 0.3) is 0 Å². The van der Waals surface area contributed by atoms with Crippen molar-refractivity contribution in [3.8, 4) is 11.1 Å². The number of anilines is 1. The quantitative estimate of drug-likeness (QED) is 0.660. The third-order valence-corrected chi connectivity index (χ3v) is 6.47. The Morgan fingerprint density at radius 2 is 1.80 bits per heavy atom. The maximum Gasteiger partial charge on any atom is 0.225 e. The summed E-state index contributed by atoms with van der Waals surface area (Å²) >= 11 is 0. The first-order valence-electron chi connectivity index (χ1n) is 10.7. The molecule has 0 amide bonds. The molecule has 2 aromatic heterocycles. The molecule has 8 heteroatoms. The van der Waals surface area contributed by atoms with Crippen molar-refractivity contribution < 1.29 is 9.47 Å². The number of morpholine rings is 1. The highest BCUT2D eigenvalue weighted by atomic mass is 16.5. The molecule has 0 spiro atoms. The molecule has 0 bridgehead atoms. The summed E-state index contributed by atoms with van der Waals surface area (Å²) in [6.07, 6.45) is 3.87. The standard InChI is InChI=1S/C22H26N6O2/c1-15-13-30-14-21-25-19-3-2-16(8-20(19)28(15)21)17-9-23-22(24-10-17)27-11-18(12-27)26-4-6-29-7-5-26/h2-3,8-10,15,18H,4-7,11-14H2,1H3/t15-/m0/s1. The molecule has 0 radical (unpaired) electrons. The van der Waals surface area contributed by atoms with Crippen LogP contribution in [0, 0.1) is 0 Å². The second-order valence-electron chi connectivity index (χ2n) is 8.44. The lowest BCUT2D eigenvalue weighted by Gasteiger charge is -2.46. The lowest BCUT2D eigenvalue weighted by atomic mass is 10.1. The van der Waals surface area contributed by atoms with E-state index in [-0.39, 0.29) is 0 Å². The molecule has 1 atom stereocenters. The topological polar surface area (TPSA) is 68.5 Å². The van der Waals surface area contributed by atoms with Crippen LogP contribution in [0.2, 0.25) is 0 Å². The van der Waals surface area contributed by atoms with Crippen LogP contribution in [0.5, 0.6) is 0 Å². The van der Waals surface area contributed by atoms with Crippen molar-refractivity contribution in [3.05, 3.63) is 36.4 Å². The van der Waals surface area contributed by atoms with Crippen LogP contribution in [-0.4, -0.2) is 76.5 Å². The summed E-state index contributed by atoms with van der Waals surface area (Å²) in [5.41, 5.74) is 4.31. The first-order valence-corrected chi connectivity index (χ1v) is 10.7. The van der Waals surface area contributed by atoms with Crippen molar-refractivity contribution in [2.24, 2.45) is 0 Å². The number of hydrogen-bond donors (Lipinski definition) is 0. The van der Waals surface area contributed by atoms with Crippen molar-refractivity contribution >= 4 is 17.0 Å². The zero-order valence-corrected chi connectivity index (χ0v) is 17.2. The molecule has 8 nitrogen and oxygen atoms in total. The van der Waals surface area contributed by atoms with Gasteiger partial charge in [-0.25, -0.2) is 15.0 Å². The smallest absolute Gasteiger partial charge is 0.225 e. The van der Waals surface area contributed by atoms with Gasteiger partial charge >= 0.3 is 0 Å². The third-order valence-electron chi connectivity index (χ3n) is 6.47. The zero-order valence-electron chi connectivity index (χ0n) is 17.2. The van der Waals surface area contributed by atoms with Crippen LogP contribution in [0.25, 0.3) is 22.2 Å². The van der Waals surface area contributed by atoms with E-state index in [1.165, 1.54) is 0 Å².